The van der Waals surface area contributed by atoms with Crippen LogP contribution in [0.15, 0.2) is 18.2 Å². The van der Waals surface area contributed by atoms with Gasteiger partial charge in [-0.25, -0.2) is 8.42 Å². The zero-order valence-electron chi connectivity index (χ0n) is 15.1. The molecule has 25 heavy (non-hydrogen) atoms. The van der Waals surface area contributed by atoms with Crippen molar-refractivity contribution in [2.75, 3.05) is 18.2 Å². The first-order valence-corrected chi connectivity index (χ1v) is 10.5. The number of carbonyl (C=O) groups is 1. The predicted octanol–water partition coefficient (Wildman–Crippen LogP) is 3.17. The van der Waals surface area contributed by atoms with E-state index in [0.29, 0.717) is 23.6 Å². The van der Waals surface area contributed by atoms with Gasteiger partial charge in [-0.2, -0.15) is 0 Å². The summed E-state index contributed by atoms with van der Waals surface area (Å²) in [6.45, 7) is 3.19. The Balaban J connectivity index is 2.12. The number of amides is 1. The first-order valence-electron chi connectivity index (χ1n) is 8.74. The molecular weight excluding hydrogens is 342 g/mol. The molecule has 1 aromatic rings. The predicted molar refractivity (Wildman–Crippen MR) is 98.0 cm³/mol. The van der Waals surface area contributed by atoms with Gasteiger partial charge in [0.05, 0.1) is 19.0 Å². The Morgan fingerprint density at radius 1 is 1.28 bits per heavy atom. The highest BCUT2D eigenvalue weighted by Crippen LogP contribution is 2.34. The Bertz CT molecular complexity index is 695. The van der Waals surface area contributed by atoms with E-state index in [0.717, 1.165) is 25.7 Å². The van der Waals surface area contributed by atoms with Gasteiger partial charge in [-0.3, -0.25) is 4.79 Å². The van der Waals surface area contributed by atoms with Gasteiger partial charge < -0.3 is 14.8 Å². The van der Waals surface area contributed by atoms with E-state index < -0.39 is 21.0 Å². The lowest BCUT2D eigenvalue weighted by Crippen LogP contribution is -2.34. The lowest BCUT2D eigenvalue weighted by atomic mass is 10.2. The quantitative estimate of drug-likeness (QED) is 0.761. The van der Waals surface area contributed by atoms with Gasteiger partial charge in [0, 0.05) is 11.8 Å². The van der Waals surface area contributed by atoms with Crippen LogP contribution in [-0.2, 0) is 14.6 Å². The summed E-state index contributed by atoms with van der Waals surface area (Å²) in [7, 11) is -1.88. The summed E-state index contributed by atoms with van der Waals surface area (Å²) in [5.41, 5.74) is 0.498. The lowest BCUT2D eigenvalue weighted by Gasteiger charge is -2.18. The minimum atomic E-state index is -3.44. The summed E-state index contributed by atoms with van der Waals surface area (Å²) in [5.74, 6) is 0.624. The number of anilines is 1. The molecule has 1 aliphatic rings. The second-order valence-electron chi connectivity index (χ2n) is 6.39. The van der Waals surface area contributed by atoms with E-state index in [2.05, 4.69) is 5.32 Å². The number of ether oxygens (including phenoxy) is 2. The third-order valence-electron chi connectivity index (χ3n) is 4.42. The maximum Gasteiger partial charge on any atom is 0.242 e. The summed E-state index contributed by atoms with van der Waals surface area (Å²) in [6, 6.07) is 5.08. The van der Waals surface area contributed by atoms with Crippen molar-refractivity contribution in [3.05, 3.63) is 18.2 Å². The average molecular weight is 369 g/mol. The van der Waals surface area contributed by atoms with Gasteiger partial charge in [0.2, 0.25) is 5.91 Å². The zero-order chi connectivity index (χ0) is 18.4. The van der Waals surface area contributed by atoms with Crippen molar-refractivity contribution in [3.8, 4) is 11.5 Å². The number of carbonyl (C=O) groups excluding carboxylic acids is 1. The second kappa shape index (κ2) is 8.56. The molecule has 1 aromatic carbocycles. The second-order valence-corrected chi connectivity index (χ2v) is 8.83. The first kappa shape index (κ1) is 19.6. The third kappa shape index (κ3) is 5.11. The number of nitrogens with one attached hydrogen (secondary N) is 1. The van der Waals surface area contributed by atoms with Crippen LogP contribution in [0.1, 0.15) is 46.0 Å². The Morgan fingerprint density at radius 2 is 1.96 bits per heavy atom. The van der Waals surface area contributed by atoms with Crippen molar-refractivity contribution in [1.82, 2.24) is 0 Å². The van der Waals surface area contributed by atoms with Gasteiger partial charge in [0.25, 0.3) is 0 Å². The van der Waals surface area contributed by atoms with E-state index in [9.17, 15) is 13.2 Å². The molecule has 1 amide bonds. The Labute approximate surface area is 149 Å². The fourth-order valence-electron chi connectivity index (χ4n) is 2.90. The van der Waals surface area contributed by atoms with Gasteiger partial charge in [-0.15, -0.1) is 0 Å². The molecule has 1 fully saturated rings. The van der Waals surface area contributed by atoms with E-state index in [1.165, 1.54) is 6.92 Å². The van der Waals surface area contributed by atoms with Crippen molar-refractivity contribution in [3.63, 3.8) is 0 Å². The largest absolute Gasteiger partial charge is 0.493 e. The summed E-state index contributed by atoms with van der Waals surface area (Å²) in [4.78, 5) is 12.3. The van der Waals surface area contributed by atoms with Gasteiger partial charge in [-0.1, -0.05) is 6.92 Å². The van der Waals surface area contributed by atoms with E-state index in [-0.39, 0.29) is 11.9 Å². The molecule has 0 radical (unpaired) electrons. The summed E-state index contributed by atoms with van der Waals surface area (Å²) in [5, 5.41) is 1.58. The molecule has 0 spiro atoms. The van der Waals surface area contributed by atoms with Gasteiger partial charge in [0.15, 0.2) is 21.3 Å². The van der Waals surface area contributed by atoms with Crippen molar-refractivity contribution in [1.29, 1.82) is 0 Å². The molecule has 0 aromatic heterocycles. The van der Waals surface area contributed by atoms with Crippen LogP contribution in [0.2, 0.25) is 0 Å². The van der Waals surface area contributed by atoms with E-state index in [1.807, 2.05) is 0 Å². The van der Waals surface area contributed by atoms with Gasteiger partial charge >= 0.3 is 0 Å². The number of rotatable bonds is 8. The fourth-order valence-corrected chi connectivity index (χ4v) is 4.21. The molecule has 1 N–H and O–H groups in total. The minimum Gasteiger partial charge on any atom is -0.493 e. The van der Waals surface area contributed by atoms with Crippen LogP contribution in [0.25, 0.3) is 0 Å². The molecule has 1 unspecified atom stereocenters. The maximum absolute atomic E-state index is 12.3. The fraction of sp³-hybridized carbons (Fsp3) is 0.611. The minimum absolute atomic E-state index is 0.000238. The Hall–Kier alpha value is -1.76. The van der Waals surface area contributed by atoms with Crippen molar-refractivity contribution in [2.45, 2.75) is 57.3 Å². The normalized spacial score (nSPS) is 16.4. The highest BCUT2D eigenvalue weighted by Gasteiger charge is 2.27. The molecular formula is C18H27NO5S. The maximum atomic E-state index is 12.3. The number of methoxy groups -OCH3 is 1. The first-order chi connectivity index (χ1) is 11.9. The third-order valence-corrected chi connectivity index (χ3v) is 6.69. The van der Waals surface area contributed by atoms with E-state index >= 15 is 0 Å². The monoisotopic (exact) mass is 369 g/mol. The topological polar surface area (TPSA) is 81.7 Å². The molecule has 0 saturated heterocycles. The molecule has 0 aliphatic heterocycles. The van der Waals surface area contributed by atoms with Crippen molar-refractivity contribution in [2.24, 2.45) is 0 Å². The molecule has 2 rings (SSSR count). The number of benzene rings is 1. The van der Waals surface area contributed by atoms with Crippen LogP contribution in [0.3, 0.4) is 0 Å². The van der Waals surface area contributed by atoms with E-state index in [4.69, 9.17) is 9.47 Å². The van der Waals surface area contributed by atoms with Crippen LogP contribution in [-0.4, -0.2) is 38.5 Å². The molecule has 140 valence electrons. The highest BCUT2D eigenvalue weighted by molar-refractivity contribution is 7.92. The molecule has 0 bridgehead atoms. The molecule has 0 heterocycles. The summed E-state index contributed by atoms with van der Waals surface area (Å²) >= 11 is 0. The number of hydrogen-bond acceptors (Lipinski definition) is 5. The Morgan fingerprint density at radius 3 is 2.56 bits per heavy atom. The van der Waals surface area contributed by atoms with Gasteiger partial charge in [0.1, 0.15) is 5.25 Å². The van der Waals surface area contributed by atoms with Crippen LogP contribution in [0, 0.1) is 0 Å². The van der Waals surface area contributed by atoms with Crippen LogP contribution >= 0.6 is 0 Å². The van der Waals surface area contributed by atoms with Crippen molar-refractivity contribution >= 4 is 21.4 Å². The summed E-state index contributed by atoms with van der Waals surface area (Å²) in [6.07, 6.45) is 4.95. The zero-order valence-corrected chi connectivity index (χ0v) is 15.9. The smallest absolute Gasteiger partial charge is 0.242 e. The van der Waals surface area contributed by atoms with Crippen LogP contribution in [0.5, 0.6) is 11.5 Å². The van der Waals surface area contributed by atoms with Crippen LogP contribution < -0.4 is 14.8 Å². The number of hydrogen-bond donors (Lipinski definition) is 1. The summed E-state index contributed by atoms with van der Waals surface area (Å²) < 4.78 is 35.4. The lowest BCUT2D eigenvalue weighted by molar-refractivity contribution is -0.115. The molecule has 6 nitrogen and oxygen atoms in total. The standard InChI is InChI=1S/C18H27NO5S/c1-4-11-25(21,22)13(2)18(20)19-14-9-10-16(23-3)17(12-14)24-15-7-5-6-8-15/h9-10,12-13,15H,4-8,11H2,1-3H3,(H,19,20). The number of sulfone groups is 1. The average Bonchev–Trinajstić information content (AvgIpc) is 3.07. The molecule has 1 aliphatic carbocycles. The van der Waals surface area contributed by atoms with E-state index in [1.54, 1.807) is 32.2 Å². The highest BCUT2D eigenvalue weighted by atomic mass is 32.2. The SMILES string of the molecule is CCCS(=O)(=O)C(C)C(=O)Nc1ccc(OC)c(OC2CCCC2)c1. The molecule has 7 heteroatoms. The van der Waals surface area contributed by atoms with Gasteiger partial charge in [-0.05, 0) is 51.2 Å². The Kier molecular flexibility index (Phi) is 6.70. The molecule has 1 saturated carbocycles. The van der Waals surface area contributed by atoms with Crippen molar-refractivity contribution < 1.29 is 22.7 Å². The van der Waals surface area contributed by atoms with Crippen LogP contribution in [0.4, 0.5) is 5.69 Å². The molecule has 1 atom stereocenters.